The van der Waals surface area contributed by atoms with Crippen LogP contribution in [-0.2, 0) is 22.6 Å². The largest absolute Gasteiger partial charge is 0.369 e. The normalized spacial score (nSPS) is 18.0. The number of benzene rings is 1. The third kappa shape index (κ3) is 5.30. The first kappa shape index (κ1) is 23.5. The van der Waals surface area contributed by atoms with Crippen LogP contribution in [0.25, 0.3) is 10.2 Å². The summed E-state index contributed by atoms with van der Waals surface area (Å²) in [6.45, 7) is 9.15. The van der Waals surface area contributed by atoms with E-state index in [1.54, 1.807) is 23.1 Å². The molecular weight excluding hydrogens is 458 g/mol. The Kier molecular flexibility index (Phi) is 7.44. The number of rotatable bonds is 8. The molecule has 32 heavy (non-hydrogen) atoms. The number of thiophene rings is 1. The molecule has 0 aliphatic carbocycles. The Morgan fingerprint density at radius 1 is 1.22 bits per heavy atom. The average Bonchev–Trinajstić information content (AvgIpc) is 3.15. The smallest absolute Gasteiger partial charge is 0.234 e. The summed E-state index contributed by atoms with van der Waals surface area (Å²) in [5, 5.41) is 5.80. The predicted octanol–water partition coefficient (Wildman–Crippen LogP) is 6.47. The summed E-state index contributed by atoms with van der Waals surface area (Å²) in [5.41, 5.74) is 3.12. The van der Waals surface area contributed by atoms with Gasteiger partial charge in [-0.15, -0.1) is 11.3 Å². The van der Waals surface area contributed by atoms with Gasteiger partial charge in [-0.25, -0.2) is 9.97 Å². The standard InChI is InChI=1S/C24H29N3O2S3/c1-5-11-30-23-26-21(31-14-19(28)25-16-9-7-15(3)8-10-16)20-17-12-24(4,6-2)29-13-18(17)32-22(20)27-23/h7-10H,5-6,11-14H2,1-4H3,(H,25,28)/t24-/m1/s1. The van der Waals surface area contributed by atoms with E-state index in [-0.39, 0.29) is 11.5 Å². The van der Waals surface area contributed by atoms with Crippen LogP contribution in [0.4, 0.5) is 5.69 Å². The van der Waals surface area contributed by atoms with Gasteiger partial charge in [0.1, 0.15) is 9.86 Å². The Morgan fingerprint density at radius 2 is 2.00 bits per heavy atom. The number of nitrogens with one attached hydrogen (secondary N) is 1. The highest BCUT2D eigenvalue weighted by Gasteiger charge is 2.33. The summed E-state index contributed by atoms with van der Waals surface area (Å²) < 4.78 is 6.16. The summed E-state index contributed by atoms with van der Waals surface area (Å²) in [5.74, 6) is 1.26. The number of amides is 1. The lowest BCUT2D eigenvalue weighted by Crippen LogP contribution is -2.33. The fourth-order valence-electron chi connectivity index (χ4n) is 3.58. The van der Waals surface area contributed by atoms with E-state index >= 15 is 0 Å². The van der Waals surface area contributed by atoms with Crippen LogP contribution in [-0.4, -0.2) is 33.0 Å². The SMILES string of the molecule is CCCSc1nc(SCC(=O)Nc2ccc(C)cc2)c2c3c(sc2n1)CO[C@](C)(CC)C3. The summed E-state index contributed by atoms with van der Waals surface area (Å²) in [4.78, 5) is 24.6. The molecule has 3 heterocycles. The molecular formula is C24H29N3O2S3. The van der Waals surface area contributed by atoms with Crippen molar-refractivity contribution < 1.29 is 9.53 Å². The zero-order valence-electron chi connectivity index (χ0n) is 19.0. The fraction of sp³-hybridized carbons (Fsp3) is 0.458. The number of carbonyl (C=O) groups is 1. The van der Waals surface area contributed by atoms with Crippen molar-refractivity contribution in [2.24, 2.45) is 0 Å². The van der Waals surface area contributed by atoms with Crippen molar-refractivity contribution in [3.05, 3.63) is 40.3 Å². The molecule has 0 unspecified atom stereocenters. The first-order valence-corrected chi connectivity index (χ1v) is 13.8. The molecule has 0 saturated heterocycles. The highest BCUT2D eigenvalue weighted by Crippen LogP contribution is 2.43. The second kappa shape index (κ2) is 10.1. The second-order valence-electron chi connectivity index (χ2n) is 8.32. The van der Waals surface area contributed by atoms with Crippen molar-refractivity contribution in [2.75, 3.05) is 16.8 Å². The van der Waals surface area contributed by atoms with Gasteiger partial charge in [0.05, 0.1) is 18.0 Å². The second-order valence-corrected chi connectivity index (χ2v) is 11.4. The van der Waals surface area contributed by atoms with E-state index in [2.05, 4.69) is 26.1 Å². The van der Waals surface area contributed by atoms with E-state index in [1.165, 1.54) is 27.8 Å². The third-order valence-corrected chi connectivity index (χ3v) is 8.77. The number of hydrogen-bond donors (Lipinski definition) is 1. The maximum Gasteiger partial charge on any atom is 0.234 e. The van der Waals surface area contributed by atoms with Crippen LogP contribution in [0.5, 0.6) is 0 Å². The Bertz CT molecular complexity index is 1110. The minimum absolute atomic E-state index is 0.0285. The Labute approximate surface area is 202 Å². The number of hydrogen-bond acceptors (Lipinski definition) is 7. The minimum atomic E-state index is -0.165. The zero-order chi connectivity index (χ0) is 22.7. The zero-order valence-corrected chi connectivity index (χ0v) is 21.4. The van der Waals surface area contributed by atoms with Gasteiger partial charge >= 0.3 is 0 Å². The summed E-state index contributed by atoms with van der Waals surface area (Å²) >= 11 is 4.89. The summed E-state index contributed by atoms with van der Waals surface area (Å²) in [7, 11) is 0. The van der Waals surface area contributed by atoms with E-state index in [0.29, 0.717) is 12.4 Å². The van der Waals surface area contributed by atoms with Crippen LogP contribution in [0.1, 0.15) is 49.6 Å². The van der Waals surface area contributed by atoms with Gasteiger partial charge in [0, 0.05) is 28.1 Å². The lowest BCUT2D eigenvalue weighted by Gasteiger charge is -2.33. The highest BCUT2D eigenvalue weighted by atomic mass is 32.2. The van der Waals surface area contributed by atoms with E-state index in [9.17, 15) is 4.79 Å². The van der Waals surface area contributed by atoms with E-state index in [0.717, 1.165) is 51.1 Å². The van der Waals surface area contributed by atoms with Gasteiger partial charge in [-0.1, -0.05) is 55.1 Å². The van der Waals surface area contributed by atoms with Crippen molar-refractivity contribution in [1.82, 2.24) is 9.97 Å². The quantitative estimate of drug-likeness (QED) is 0.223. The van der Waals surface area contributed by atoms with Crippen molar-refractivity contribution >= 4 is 56.7 Å². The maximum absolute atomic E-state index is 12.6. The van der Waals surface area contributed by atoms with E-state index in [4.69, 9.17) is 14.7 Å². The van der Waals surface area contributed by atoms with Crippen LogP contribution < -0.4 is 5.32 Å². The van der Waals surface area contributed by atoms with Crippen molar-refractivity contribution in [3.8, 4) is 0 Å². The molecule has 1 aromatic carbocycles. The number of fused-ring (bicyclic) bond motifs is 3. The molecule has 0 radical (unpaired) electrons. The van der Waals surface area contributed by atoms with Gasteiger partial charge in [0.15, 0.2) is 5.16 Å². The lowest BCUT2D eigenvalue weighted by molar-refractivity contribution is -0.113. The van der Waals surface area contributed by atoms with Crippen LogP contribution >= 0.6 is 34.9 Å². The molecule has 0 bridgehead atoms. The minimum Gasteiger partial charge on any atom is -0.369 e. The van der Waals surface area contributed by atoms with Crippen LogP contribution in [0.2, 0.25) is 0 Å². The van der Waals surface area contributed by atoms with Gasteiger partial charge < -0.3 is 10.1 Å². The monoisotopic (exact) mass is 487 g/mol. The van der Waals surface area contributed by atoms with Crippen molar-refractivity contribution in [1.29, 1.82) is 0 Å². The molecule has 1 amide bonds. The summed E-state index contributed by atoms with van der Waals surface area (Å²) in [6.07, 6.45) is 2.88. The Hall–Kier alpha value is -1.61. The molecule has 1 aliphatic heterocycles. The van der Waals surface area contributed by atoms with Gasteiger partial charge in [-0.2, -0.15) is 0 Å². The maximum atomic E-state index is 12.6. The fourth-order valence-corrected chi connectivity index (χ4v) is 6.41. The molecule has 0 fully saturated rings. The number of anilines is 1. The molecule has 3 aromatic rings. The molecule has 8 heteroatoms. The topological polar surface area (TPSA) is 64.1 Å². The molecule has 2 aromatic heterocycles. The molecule has 1 N–H and O–H groups in total. The number of aryl methyl sites for hydroxylation is 1. The molecule has 170 valence electrons. The van der Waals surface area contributed by atoms with Gasteiger partial charge in [0.2, 0.25) is 5.91 Å². The highest BCUT2D eigenvalue weighted by molar-refractivity contribution is 8.00. The van der Waals surface area contributed by atoms with Gasteiger partial charge in [0.25, 0.3) is 0 Å². The van der Waals surface area contributed by atoms with Crippen molar-refractivity contribution in [3.63, 3.8) is 0 Å². The lowest BCUT2D eigenvalue weighted by atomic mass is 9.90. The first-order valence-electron chi connectivity index (χ1n) is 11.0. The third-order valence-electron chi connectivity index (χ3n) is 5.64. The Balaban J connectivity index is 1.61. The first-order chi connectivity index (χ1) is 15.4. The number of ether oxygens (including phenoxy) is 1. The van der Waals surface area contributed by atoms with E-state index in [1.807, 2.05) is 31.2 Å². The number of nitrogens with zero attached hydrogens (tertiary/aromatic N) is 2. The molecule has 4 rings (SSSR count). The average molecular weight is 488 g/mol. The number of aromatic nitrogens is 2. The number of thioether (sulfide) groups is 2. The molecule has 0 saturated carbocycles. The van der Waals surface area contributed by atoms with Crippen LogP contribution in [0, 0.1) is 6.92 Å². The molecule has 1 atom stereocenters. The van der Waals surface area contributed by atoms with E-state index < -0.39 is 0 Å². The predicted molar refractivity (Wildman–Crippen MR) is 136 cm³/mol. The molecule has 1 aliphatic rings. The van der Waals surface area contributed by atoms with Gasteiger partial charge in [-0.05, 0) is 44.4 Å². The van der Waals surface area contributed by atoms with Crippen molar-refractivity contribution in [2.45, 2.75) is 69.3 Å². The molecule has 0 spiro atoms. The van der Waals surface area contributed by atoms with Crippen LogP contribution in [0.15, 0.2) is 34.4 Å². The Morgan fingerprint density at radius 3 is 2.72 bits per heavy atom. The summed E-state index contributed by atoms with van der Waals surface area (Å²) in [6, 6.07) is 7.86. The number of carbonyl (C=O) groups excluding carboxylic acids is 1. The van der Waals surface area contributed by atoms with Crippen LogP contribution in [0.3, 0.4) is 0 Å². The molecule has 5 nitrogen and oxygen atoms in total. The van der Waals surface area contributed by atoms with Gasteiger partial charge in [-0.3, -0.25) is 4.79 Å².